The lowest BCUT2D eigenvalue weighted by molar-refractivity contribution is -0.123. The van der Waals surface area contributed by atoms with Crippen molar-refractivity contribution in [3.8, 4) is 0 Å². The Kier molecular flexibility index (Phi) is 5.62. The van der Waals surface area contributed by atoms with E-state index < -0.39 is 0 Å². The van der Waals surface area contributed by atoms with E-state index in [2.05, 4.69) is 24.1 Å². The fourth-order valence-electron chi connectivity index (χ4n) is 2.81. The third-order valence-corrected chi connectivity index (χ3v) is 4.16. The molecule has 0 saturated heterocycles. The SMILES string of the molecule is CC(C)N(CC(=O)NC1CCCC1)Cc1ccc(N)cc1. The molecule has 0 aliphatic heterocycles. The largest absolute Gasteiger partial charge is 0.399 e. The molecule has 1 aromatic rings. The Morgan fingerprint density at radius 1 is 1.29 bits per heavy atom. The van der Waals surface area contributed by atoms with Crippen molar-refractivity contribution < 1.29 is 4.79 Å². The average molecular weight is 289 g/mol. The minimum Gasteiger partial charge on any atom is -0.399 e. The van der Waals surface area contributed by atoms with Gasteiger partial charge in [0, 0.05) is 24.3 Å². The number of anilines is 1. The Morgan fingerprint density at radius 3 is 2.48 bits per heavy atom. The molecule has 0 radical (unpaired) electrons. The first-order chi connectivity index (χ1) is 10.0. The fourth-order valence-corrected chi connectivity index (χ4v) is 2.81. The fraction of sp³-hybridized carbons (Fsp3) is 0.588. The maximum Gasteiger partial charge on any atom is 0.234 e. The third kappa shape index (κ3) is 5.05. The molecule has 0 unspecified atom stereocenters. The second kappa shape index (κ2) is 7.46. The molecule has 1 fully saturated rings. The van der Waals surface area contributed by atoms with Gasteiger partial charge in [0.05, 0.1) is 6.54 Å². The van der Waals surface area contributed by atoms with Crippen molar-refractivity contribution in [2.24, 2.45) is 0 Å². The Balaban J connectivity index is 1.88. The summed E-state index contributed by atoms with van der Waals surface area (Å²) in [5, 5.41) is 3.16. The van der Waals surface area contributed by atoms with Crippen molar-refractivity contribution in [1.82, 2.24) is 10.2 Å². The summed E-state index contributed by atoms with van der Waals surface area (Å²) in [5.41, 5.74) is 7.67. The Labute approximate surface area is 127 Å². The van der Waals surface area contributed by atoms with Crippen molar-refractivity contribution in [3.63, 3.8) is 0 Å². The van der Waals surface area contributed by atoms with Gasteiger partial charge >= 0.3 is 0 Å². The number of amides is 1. The maximum absolute atomic E-state index is 12.2. The summed E-state index contributed by atoms with van der Waals surface area (Å²) in [6, 6.07) is 8.60. The monoisotopic (exact) mass is 289 g/mol. The minimum atomic E-state index is 0.144. The second-order valence-electron chi connectivity index (χ2n) is 6.29. The van der Waals surface area contributed by atoms with Gasteiger partial charge in [-0.15, -0.1) is 0 Å². The number of rotatable bonds is 6. The summed E-state index contributed by atoms with van der Waals surface area (Å²) in [6.45, 7) is 5.48. The lowest BCUT2D eigenvalue weighted by Gasteiger charge is -2.26. The summed E-state index contributed by atoms with van der Waals surface area (Å²) < 4.78 is 0. The Morgan fingerprint density at radius 2 is 1.90 bits per heavy atom. The van der Waals surface area contributed by atoms with Crippen LogP contribution in [0.4, 0.5) is 5.69 Å². The van der Waals surface area contributed by atoms with Crippen LogP contribution in [-0.4, -0.2) is 29.4 Å². The van der Waals surface area contributed by atoms with Crippen LogP contribution < -0.4 is 11.1 Å². The molecule has 116 valence electrons. The highest BCUT2D eigenvalue weighted by atomic mass is 16.2. The number of carbonyl (C=O) groups is 1. The number of hydrogen-bond acceptors (Lipinski definition) is 3. The van der Waals surface area contributed by atoms with Crippen molar-refractivity contribution in [1.29, 1.82) is 0 Å². The molecule has 1 aliphatic rings. The molecule has 0 bridgehead atoms. The predicted molar refractivity (Wildman–Crippen MR) is 86.8 cm³/mol. The standard InChI is InChI=1S/C17H27N3O/c1-13(2)20(11-14-7-9-15(18)10-8-14)12-17(21)19-16-5-3-4-6-16/h7-10,13,16H,3-6,11-12,18H2,1-2H3,(H,19,21). The number of nitrogen functional groups attached to an aromatic ring is 1. The highest BCUT2D eigenvalue weighted by Crippen LogP contribution is 2.17. The van der Waals surface area contributed by atoms with Crippen molar-refractivity contribution >= 4 is 11.6 Å². The van der Waals surface area contributed by atoms with E-state index in [1.54, 1.807) is 0 Å². The topological polar surface area (TPSA) is 58.4 Å². The number of hydrogen-bond donors (Lipinski definition) is 2. The van der Waals surface area contributed by atoms with Crippen LogP contribution in [0.2, 0.25) is 0 Å². The number of nitrogens with two attached hydrogens (primary N) is 1. The summed E-state index contributed by atoms with van der Waals surface area (Å²) in [7, 11) is 0. The molecule has 21 heavy (non-hydrogen) atoms. The van der Waals surface area contributed by atoms with Crippen LogP contribution in [0.1, 0.15) is 45.1 Å². The summed E-state index contributed by atoms with van der Waals surface area (Å²) in [4.78, 5) is 14.4. The number of nitrogens with zero attached hydrogens (tertiary/aromatic N) is 1. The molecule has 0 atom stereocenters. The summed E-state index contributed by atoms with van der Waals surface area (Å²) >= 11 is 0. The first-order valence-corrected chi connectivity index (χ1v) is 7.92. The molecule has 1 aromatic carbocycles. The van der Waals surface area contributed by atoms with Gasteiger partial charge in [-0.25, -0.2) is 0 Å². The molecular formula is C17H27N3O. The number of carbonyl (C=O) groups excluding carboxylic acids is 1. The van der Waals surface area contributed by atoms with Gasteiger partial charge in [0.25, 0.3) is 0 Å². The van der Waals surface area contributed by atoms with Crippen LogP contribution in [0.5, 0.6) is 0 Å². The second-order valence-corrected chi connectivity index (χ2v) is 6.29. The summed E-state index contributed by atoms with van der Waals surface area (Å²) in [6.07, 6.45) is 4.74. The van der Waals surface area contributed by atoms with Crippen LogP contribution in [0, 0.1) is 0 Å². The number of benzene rings is 1. The van der Waals surface area contributed by atoms with Gasteiger partial charge in [-0.3, -0.25) is 9.69 Å². The van der Waals surface area contributed by atoms with Gasteiger partial charge in [-0.2, -0.15) is 0 Å². The van der Waals surface area contributed by atoms with E-state index in [1.165, 1.54) is 18.4 Å². The molecule has 1 saturated carbocycles. The van der Waals surface area contributed by atoms with Crippen molar-refractivity contribution in [2.45, 2.75) is 58.2 Å². The molecule has 3 N–H and O–H groups in total. The van der Waals surface area contributed by atoms with Crippen LogP contribution in [0.25, 0.3) is 0 Å². The predicted octanol–water partition coefficient (Wildman–Crippen LogP) is 2.54. The van der Waals surface area contributed by atoms with Crippen LogP contribution in [0.15, 0.2) is 24.3 Å². The molecule has 0 aromatic heterocycles. The van der Waals surface area contributed by atoms with Crippen molar-refractivity contribution in [3.05, 3.63) is 29.8 Å². The van der Waals surface area contributed by atoms with Crippen LogP contribution in [-0.2, 0) is 11.3 Å². The normalized spacial score (nSPS) is 15.8. The lowest BCUT2D eigenvalue weighted by atomic mass is 10.1. The molecular weight excluding hydrogens is 262 g/mol. The van der Waals surface area contributed by atoms with Gasteiger partial charge in [-0.05, 0) is 44.4 Å². The summed E-state index contributed by atoms with van der Waals surface area (Å²) in [5.74, 6) is 0.144. The zero-order chi connectivity index (χ0) is 15.2. The minimum absolute atomic E-state index is 0.144. The molecule has 1 amide bonds. The highest BCUT2D eigenvalue weighted by Gasteiger charge is 2.20. The van der Waals surface area contributed by atoms with E-state index in [0.717, 1.165) is 25.1 Å². The van der Waals surface area contributed by atoms with E-state index >= 15 is 0 Å². The van der Waals surface area contributed by atoms with Crippen LogP contribution in [0.3, 0.4) is 0 Å². The van der Waals surface area contributed by atoms with E-state index in [1.807, 2.05) is 24.3 Å². The first-order valence-electron chi connectivity index (χ1n) is 7.92. The molecule has 1 aliphatic carbocycles. The van der Waals surface area contributed by atoms with Gasteiger partial charge in [0.15, 0.2) is 0 Å². The molecule has 0 heterocycles. The lowest BCUT2D eigenvalue weighted by Crippen LogP contribution is -2.43. The third-order valence-electron chi connectivity index (χ3n) is 4.16. The quantitative estimate of drug-likeness (QED) is 0.791. The Hall–Kier alpha value is -1.55. The molecule has 4 nitrogen and oxygen atoms in total. The van der Waals surface area contributed by atoms with Gasteiger partial charge in [0.2, 0.25) is 5.91 Å². The molecule has 0 spiro atoms. The molecule has 4 heteroatoms. The van der Waals surface area contributed by atoms with E-state index in [9.17, 15) is 4.79 Å². The highest BCUT2D eigenvalue weighted by molar-refractivity contribution is 5.78. The van der Waals surface area contributed by atoms with E-state index in [-0.39, 0.29) is 5.91 Å². The smallest absolute Gasteiger partial charge is 0.234 e. The van der Waals surface area contributed by atoms with Crippen LogP contribution >= 0.6 is 0 Å². The first kappa shape index (κ1) is 15.8. The molecule has 2 rings (SSSR count). The van der Waals surface area contributed by atoms with Gasteiger partial charge in [0.1, 0.15) is 0 Å². The van der Waals surface area contributed by atoms with E-state index in [0.29, 0.717) is 18.6 Å². The van der Waals surface area contributed by atoms with Gasteiger partial charge in [-0.1, -0.05) is 25.0 Å². The van der Waals surface area contributed by atoms with Gasteiger partial charge < -0.3 is 11.1 Å². The van der Waals surface area contributed by atoms with Crippen molar-refractivity contribution in [2.75, 3.05) is 12.3 Å². The number of nitrogens with one attached hydrogen (secondary N) is 1. The zero-order valence-electron chi connectivity index (χ0n) is 13.1. The Bertz CT molecular complexity index is 450. The zero-order valence-corrected chi connectivity index (χ0v) is 13.1. The maximum atomic E-state index is 12.2. The average Bonchev–Trinajstić information content (AvgIpc) is 2.93. The van der Waals surface area contributed by atoms with E-state index in [4.69, 9.17) is 5.73 Å².